The van der Waals surface area contributed by atoms with Crippen molar-refractivity contribution in [3.05, 3.63) is 0 Å². The lowest BCUT2D eigenvalue weighted by Gasteiger charge is -2.31. The van der Waals surface area contributed by atoms with Crippen LogP contribution in [0.2, 0.25) is 0 Å². The molecule has 21 heavy (non-hydrogen) atoms. The Morgan fingerprint density at radius 1 is 1.33 bits per heavy atom. The zero-order chi connectivity index (χ0) is 15.9. The van der Waals surface area contributed by atoms with Crippen LogP contribution in [0.4, 0.5) is 0 Å². The van der Waals surface area contributed by atoms with Gasteiger partial charge in [0, 0.05) is 12.0 Å². The van der Waals surface area contributed by atoms with Gasteiger partial charge in [0.05, 0.1) is 0 Å². The van der Waals surface area contributed by atoms with E-state index in [2.05, 4.69) is 29.1 Å². The van der Waals surface area contributed by atoms with Crippen LogP contribution in [0, 0.1) is 11.3 Å². The van der Waals surface area contributed by atoms with E-state index >= 15 is 0 Å². The molecule has 124 valence electrons. The number of rotatable bonds is 8. The largest absolute Gasteiger partial charge is 0.409 e. The molecule has 1 aliphatic heterocycles. The third-order valence-electron chi connectivity index (χ3n) is 4.80. The minimum absolute atomic E-state index is 0.207. The van der Waals surface area contributed by atoms with Gasteiger partial charge in [-0.15, -0.1) is 0 Å². The lowest BCUT2D eigenvalue weighted by atomic mass is 9.86. The average Bonchev–Trinajstić information content (AvgIpc) is 2.45. The van der Waals surface area contributed by atoms with Crippen LogP contribution in [-0.2, 0) is 0 Å². The van der Waals surface area contributed by atoms with Gasteiger partial charge < -0.3 is 20.7 Å². The number of nitrogens with two attached hydrogens (primary N) is 1. The van der Waals surface area contributed by atoms with Gasteiger partial charge in [0.25, 0.3) is 0 Å². The van der Waals surface area contributed by atoms with Crippen molar-refractivity contribution in [1.29, 1.82) is 0 Å². The summed E-state index contributed by atoms with van der Waals surface area (Å²) in [4.78, 5) is 4.89. The molecule has 0 bridgehead atoms. The average molecular weight is 298 g/mol. The topological polar surface area (TPSA) is 65.1 Å². The Hall–Kier alpha value is -0.810. The molecule has 0 saturated carbocycles. The summed E-state index contributed by atoms with van der Waals surface area (Å²) in [5, 5.41) is 11.9. The molecular weight excluding hydrogens is 264 g/mol. The highest BCUT2D eigenvalue weighted by molar-refractivity contribution is 5.85. The fraction of sp³-hybridized carbons (Fsp3) is 0.938. The van der Waals surface area contributed by atoms with Crippen LogP contribution >= 0.6 is 0 Å². The van der Waals surface area contributed by atoms with E-state index in [0.717, 1.165) is 25.3 Å². The normalized spacial score (nSPS) is 19.4. The second-order valence-electron chi connectivity index (χ2n) is 7.34. The van der Waals surface area contributed by atoms with Crippen molar-refractivity contribution >= 4 is 5.84 Å². The van der Waals surface area contributed by atoms with Crippen molar-refractivity contribution in [2.24, 2.45) is 22.2 Å². The van der Waals surface area contributed by atoms with E-state index in [9.17, 15) is 0 Å². The molecule has 3 N–H and O–H groups in total. The maximum absolute atomic E-state index is 8.77. The van der Waals surface area contributed by atoms with Crippen LogP contribution < -0.4 is 5.73 Å². The van der Waals surface area contributed by atoms with Crippen molar-refractivity contribution in [2.45, 2.75) is 46.0 Å². The number of nitrogens with zero attached hydrogens (tertiary/aromatic N) is 3. The predicted molar refractivity (Wildman–Crippen MR) is 88.8 cm³/mol. The Labute approximate surface area is 130 Å². The summed E-state index contributed by atoms with van der Waals surface area (Å²) < 4.78 is 0. The monoisotopic (exact) mass is 298 g/mol. The molecule has 1 saturated heterocycles. The molecule has 0 aromatic heterocycles. The number of oxime groups is 1. The molecule has 1 heterocycles. The summed E-state index contributed by atoms with van der Waals surface area (Å²) in [6, 6.07) is 0. The minimum Gasteiger partial charge on any atom is -0.409 e. The SMILES string of the molecule is CN1CCC(CN(C)CCCCC(C)(C)C(N)=NO)CC1. The third-order valence-corrected chi connectivity index (χ3v) is 4.80. The zero-order valence-corrected chi connectivity index (χ0v) is 14.3. The van der Waals surface area contributed by atoms with Crippen molar-refractivity contribution in [3.8, 4) is 0 Å². The van der Waals surface area contributed by atoms with Gasteiger partial charge >= 0.3 is 0 Å². The molecule has 0 aromatic rings. The van der Waals surface area contributed by atoms with Crippen LogP contribution in [0.3, 0.4) is 0 Å². The first-order valence-corrected chi connectivity index (χ1v) is 8.20. The van der Waals surface area contributed by atoms with E-state index in [-0.39, 0.29) is 5.41 Å². The standard InChI is InChI=1S/C16H34N4O/c1-16(2,15(17)18-21)9-5-6-10-20(4)13-14-7-11-19(3)12-8-14/h14,21H,5-13H2,1-4H3,(H2,17,18). The Morgan fingerprint density at radius 3 is 2.52 bits per heavy atom. The molecular formula is C16H34N4O. The Bertz CT molecular complexity index is 322. The maximum atomic E-state index is 8.77. The second kappa shape index (κ2) is 8.59. The summed E-state index contributed by atoms with van der Waals surface area (Å²) in [6.07, 6.45) is 5.91. The third kappa shape index (κ3) is 6.66. The molecule has 0 spiro atoms. The molecule has 0 atom stereocenters. The molecule has 0 amide bonds. The zero-order valence-electron chi connectivity index (χ0n) is 14.3. The van der Waals surface area contributed by atoms with Gasteiger partial charge in [-0.1, -0.05) is 25.4 Å². The van der Waals surface area contributed by atoms with E-state index in [1.165, 1.54) is 38.9 Å². The van der Waals surface area contributed by atoms with E-state index in [0.29, 0.717) is 5.84 Å². The van der Waals surface area contributed by atoms with Crippen molar-refractivity contribution in [1.82, 2.24) is 9.80 Å². The number of likely N-dealkylation sites (tertiary alicyclic amines) is 1. The molecule has 5 nitrogen and oxygen atoms in total. The second-order valence-corrected chi connectivity index (χ2v) is 7.34. The van der Waals surface area contributed by atoms with Crippen molar-refractivity contribution in [2.75, 3.05) is 40.3 Å². The maximum Gasteiger partial charge on any atom is 0.144 e. The molecule has 0 aromatic carbocycles. The smallest absolute Gasteiger partial charge is 0.144 e. The summed E-state index contributed by atoms with van der Waals surface area (Å²) >= 11 is 0. The number of amidine groups is 1. The predicted octanol–water partition coefficient (Wildman–Crippen LogP) is 2.20. The van der Waals surface area contributed by atoms with Gasteiger partial charge in [0.1, 0.15) is 5.84 Å². The molecule has 1 aliphatic rings. The van der Waals surface area contributed by atoms with Crippen LogP contribution in [0.5, 0.6) is 0 Å². The minimum atomic E-state index is -0.207. The number of unbranched alkanes of at least 4 members (excludes halogenated alkanes) is 1. The van der Waals surface area contributed by atoms with Crippen LogP contribution in [0.15, 0.2) is 5.16 Å². The van der Waals surface area contributed by atoms with Crippen molar-refractivity contribution < 1.29 is 5.21 Å². The van der Waals surface area contributed by atoms with Gasteiger partial charge in [-0.05, 0) is 65.3 Å². The Kier molecular flexibility index (Phi) is 7.46. The van der Waals surface area contributed by atoms with Crippen LogP contribution in [0.1, 0.15) is 46.0 Å². The van der Waals surface area contributed by atoms with E-state index in [1.54, 1.807) is 0 Å². The summed E-state index contributed by atoms with van der Waals surface area (Å²) in [7, 11) is 4.44. The van der Waals surface area contributed by atoms with Gasteiger partial charge in [-0.2, -0.15) is 0 Å². The van der Waals surface area contributed by atoms with Crippen LogP contribution in [0.25, 0.3) is 0 Å². The highest BCUT2D eigenvalue weighted by Crippen LogP contribution is 2.23. The summed E-state index contributed by atoms with van der Waals surface area (Å²) in [6.45, 7) is 8.91. The van der Waals surface area contributed by atoms with Gasteiger partial charge in [-0.3, -0.25) is 0 Å². The fourth-order valence-electron chi connectivity index (χ4n) is 2.99. The highest BCUT2D eigenvalue weighted by Gasteiger charge is 2.23. The van der Waals surface area contributed by atoms with Gasteiger partial charge in [0.2, 0.25) is 0 Å². The Balaban J connectivity index is 2.15. The summed E-state index contributed by atoms with van der Waals surface area (Å²) in [5.41, 5.74) is 5.51. The molecule has 0 radical (unpaired) electrons. The molecule has 0 aliphatic carbocycles. The first-order chi connectivity index (χ1) is 9.85. The highest BCUT2D eigenvalue weighted by atomic mass is 16.4. The first kappa shape index (κ1) is 18.2. The molecule has 1 rings (SSSR count). The number of piperidine rings is 1. The number of hydrogen-bond donors (Lipinski definition) is 2. The molecule has 0 unspecified atom stereocenters. The van der Waals surface area contributed by atoms with Crippen molar-refractivity contribution in [3.63, 3.8) is 0 Å². The first-order valence-electron chi connectivity index (χ1n) is 8.20. The van der Waals surface area contributed by atoms with Gasteiger partial charge in [-0.25, -0.2) is 0 Å². The van der Waals surface area contributed by atoms with Gasteiger partial charge in [0.15, 0.2) is 0 Å². The quantitative estimate of drug-likeness (QED) is 0.237. The lowest BCUT2D eigenvalue weighted by molar-refractivity contribution is 0.174. The van der Waals surface area contributed by atoms with E-state index < -0.39 is 0 Å². The molecule has 1 fully saturated rings. The molecule has 5 heteroatoms. The Morgan fingerprint density at radius 2 is 1.95 bits per heavy atom. The number of hydrogen-bond acceptors (Lipinski definition) is 4. The van der Waals surface area contributed by atoms with E-state index in [4.69, 9.17) is 10.9 Å². The fourth-order valence-corrected chi connectivity index (χ4v) is 2.99. The lowest BCUT2D eigenvalue weighted by Crippen LogP contribution is -2.36. The van der Waals surface area contributed by atoms with E-state index in [1.807, 2.05) is 13.8 Å². The van der Waals surface area contributed by atoms with Crippen LogP contribution in [-0.4, -0.2) is 61.1 Å². The summed E-state index contributed by atoms with van der Waals surface area (Å²) in [5.74, 6) is 1.20.